The van der Waals surface area contributed by atoms with E-state index in [1.54, 1.807) is 0 Å². The number of piperidine rings is 1. The molecular weight excluding hydrogens is 122 g/mol. The zero-order chi connectivity index (χ0) is 11.2. The molecule has 0 aliphatic carbocycles. The van der Waals surface area contributed by atoms with E-state index in [9.17, 15) is 0 Å². The van der Waals surface area contributed by atoms with Crippen LogP contribution in [-0.2, 0) is 0 Å². The van der Waals surface area contributed by atoms with Crippen LogP contribution in [0.25, 0.3) is 0 Å². The van der Waals surface area contributed by atoms with E-state index in [0.29, 0.717) is 13.0 Å². The van der Waals surface area contributed by atoms with Crippen LogP contribution in [-0.4, -0.2) is 13.0 Å². The Hall–Kier alpha value is -0.0400. The van der Waals surface area contributed by atoms with Crippen molar-refractivity contribution in [3.8, 4) is 0 Å². The van der Waals surface area contributed by atoms with Gasteiger partial charge >= 0.3 is 0 Å². The van der Waals surface area contributed by atoms with Crippen LogP contribution in [0.1, 0.15) is 39.0 Å². The number of hydrogen-bond acceptors (Lipinski definition) is 1. The van der Waals surface area contributed by atoms with Crippen LogP contribution in [0.2, 0.25) is 0 Å². The predicted octanol–water partition coefficient (Wildman–Crippen LogP) is 2.03. The molecule has 0 spiro atoms. The van der Waals surface area contributed by atoms with Crippen LogP contribution in [0.3, 0.4) is 0 Å². The number of nitrogens with one attached hydrogen (secondary N) is 1. The topological polar surface area (TPSA) is 12.0 Å². The summed E-state index contributed by atoms with van der Waals surface area (Å²) in [6, 6.07) is 0. The lowest BCUT2D eigenvalue weighted by atomic mass is 9.76. The second kappa shape index (κ2) is 2.91. The van der Waals surface area contributed by atoms with Crippen molar-refractivity contribution in [2.24, 2.45) is 11.3 Å². The molecule has 1 saturated heterocycles. The third-order valence-corrected chi connectivity index (χ3v) is 1.94. The number of hydrogen-bond donors (Lipinski definition) is 1. The van der Waals surface area contributed by atoms with Crippen molar-refractivity contribution in [3.05, 3.63) is 0 Å². The van der Waals surface area contributed by atoms with Crippen molar-refractivity contribution in [2.45, 2.75) is 33.6 Å². The summed E-state index contributed by atoms with van der Waals surface area (Å²) in [7, 11) is 0. The molecule has 0 aromatic carbocycles. The van der Waals surface area contributed by atoms with E-state index in [0.717, 1.165) is 0 Å². The van der Waals surface area contributed by atoms with E-state index >= 15 is 0 Å². The largest absolute Gasteiger partial charge is 0.317 e. The molecule has 0 amide bonds. The van der Waals surface area contributed by atoms with Crippen LogP contribution >= 0.6 is 0 Å². The van der Waals surface area contributed by atoms with Crippen LogP contribution in [0, 0.1) is 11.3 Å². The van der Waals surface area contributed by atoms with Gasteiger partial charge in [0.25, 0.3) is 0 Å². The summed E-state index contributed by atoms with van der Waals surface area (Å²) in [6.45, 7) is 4.54. The van der Waals surface area contributed by atoms with Crippen molar-refractivity contribution in [3.63, 3.8) is 0 Å². The minimum absolute atomic E-state index is 0.195. The van der Waals surface area contributed by atoms with Crippen LogP contribution in [0.5, 0.6) is 0 Å². The summed E-state index contributed by atoms with van der Waals surface area (Å²) in [6.07, 6.45) is -1.11. The summed E-state index contributed by atoms with van der Waals surface area (Å²) in [4.78, 5) is 0. The molecular formula is C9H19N. The van der Waals surface area contributed by atoms with E-state index in [4.69, 9.17) is 5.48 Å². The SMILES string of the molecule is [2H]C1([2H])NCCC(C(C)(C)C)C1([2H])[2H]. The van der Waals surface area contributed by atoms with Gasteiger partial charge in [0.2, 0.25) is 0 Å². The van der Waals surface area contributed by atoms with Gasteiger partial charge in [0.15, 0.2) is 0 Å². The second-order valence-electron chi connectivity index (χ2n) is 3.90. The first-order chi connectivity index (χ1) is 6.09. The zero-order valence-corrected chi connectivity index (χ0v) is 6.99. The molecule has 10 heavy (non-hydrogen) atoms. The van der Waals surface area contributed by atoms with Crippen molar-refractivity contribution in [1.82, 2.24) is 5.32 Å². The fourth-order valence-corrected chi connectivity index (χ4v) is 1.14. The third kappa shape index (κ3) is 1.98. The maximum atomic E-state index is 7.87. The number of rotatable bonds is 0. The summed E-state index contributed by atoms with van der Waals surface area (Å²) < 4.78 is 31.0. The summed E-state index contributed by atoms with van der Waals surface area (Å²) in [5, 5.41) is 2.61. The van der Waals surface area contributed by atoms with Crippen LogP contribution in [0.15, 0.2) is 0 Å². The van der Waals surface area contributed by atoms with Gasteiger partial charge in [0.1, 0.15) is 0 Å². The fraction of sp³-hybridized carbons (Fsp3) is 1.00. The van der Waals surface area contributed by atoms with Gasteiger partial charge in [-0.05, 0) is 37.2 Å². The van der Waals surface area contributed by atoms with E-state index in [1.165, 1.54) is 0 Å². The first-order valence-electron chi connectivity index (χ1n) is 5.84. The Balaban J connectivity index is 2.98. The maximum Gasteiger partial charge on any atom is 0.0428 e. The lowest BCUT2D eigenvalue weighted by Crippen LogP contribution is -2.34. The van der Waals surface area contributed by atoms with Crippen molar-refractivity contribution >= 4 is 0 Å². The molecule has 1 atom stereocenters. The molecule has 1 heterocycles. The van der Waals surface area contributed by atoms with Crippen molar-refractivity contribution < 1.29 is 5.48 Å². The normalized spacial score (nSPS) is 44.5. The highest BCUT2D eigenvalue weighted by Gasteiger charge is 2.25. The highest BCUT2D eigenvalue weighted by Crippen LogP contribution is 2.32. The molecule has 0 saturated carbocycles. The van der Waals surface area contributed by atoms with E-state index in [2.05, 4.69) is 5.32 Å². The predicted molar refractivity (Wildman–Crippen MR) is 45.0 cm³/mol. The Morgan fingerprint density at radius 3 is 2.70 bits per heavy atom. The Labute approximate surface area is 69.8 Å². The Morgan fingerprint density at radius 1 is 1.50 bits per heavy atom. The molecule has 0 aromatic rings. The monoisotopic (exact) mass is 145 g/mol. The Morgan fingerprint density at radius 2 is 2.20 bits per heavy atom. The first kappa shape index (κ1) is 4.10. The van der Waals surface area contributed by atoms with E-state index in [1.807, 2.05) is 20.8 Å². The summed E-state index contributed by atoms with van der Waals surface area (Å²) in [5.74, 6) is -0.244. The molecule has 0 radical (unpaired) electrons. The van der Waals surface area contributed by atoms with Crippen molar-refractivity contribution in [1.29, 1.82) is 0 Å². The van der Waals surface area contributed by atoms with Gasteiger partial charge in [-0.15, -0.1) is 0 Å². The highest BCUT2D eigenvalue weighted by molar-refractivity contribution is 4.78. The minimum atomic E-state index is -1.91. The molecule has 60 valence electrons. The average Bonchev–Trinajstić information content (AvgIpc) is 1.92. The minimum Gasteiger partial charge on any atom is -0.317 e. The Bertz CT molecular complexity index is 219. The molecule has 0 aromatic heterocycles. The second-order valence-corrected chi connectivity index (χ2v) is 3.90. The van der Waals surface area contributed by atoms with Crippen molar-refractivity contribution in [2.75, 3.05) is 13.0 Å². The molecule has 1 rings (SSSR count). The van der Waals surface area contributed by atoms with E-state index < -0.39 is 12.9 Å². The maximum absolute atomic E-state index is 7.87. The summed E-state index contributed by atoms with van der Waals surface area (Å²) in [5.41, 5.74) is -0.195. The van der Waals surface area contributed by atoms with Gasteiger partial charge < -0.3 is 5.32 Å². The summed E-state index contributed by atoms with van der Waals surface area (Å²) >= 11 is 0. The molecule has 1 unspecified atom stereocenters. The van der Waals surface area contributed by atoms with Crippen LogP contribution < -0.4 is 5.32 Å². The zero-order valence-electron chi connectivity index (χ0n) is 11.0. The molecule has 1 nitrogen and oxygen atoms in total. The molecule has 0 bridgehead atoms. The van der Waals surface area contributed by atoms with Gasteiger partial charge in [0.05, 0.1) is 0 Å². The smallest absolute Gasteiger partial charge is 0.0428 e. The first-order valence-corrected chi connectivity index (χ1v) is 3.84. The molecule has 1 aliphatic rings. The molecule has 1 fully saturated rings. The molecule has 1 heteroatoms. The Kier molecular flexibility index (Phi) is 1.20. The third-order valence-electron chi connectivity index (χ3n) is 1.94. The van der Waals surface area contributed by atoms with Gasteiger partial charge in [-0.2, -0.15) is 0 Å². The highest BCUT2D eigenvalue weighted by atomic mass is 14.9. The van der Waals surface area contributed by atoms with Gasteiger partial charge in [-0.3, -0.25) is 0 Å². The fourth-order valence-electron chi connectivity index (χ4n) is 1.14. The van der Waals surface area contributed by atoms with E-state index in [-0.39, 0.29) is 11.3 Å². The lowest BCUT2D eigenvalue weighted by Gasteiger charge is -2.34. The van der Waals surface area contributed by atoms with Gasteiger partial charge in [0, 0.05) is 5.48 Å². The van der Waals surface area contributed by atoms with Gasteiger partial charge in [-0.1, -0.05) is 20.8 Å². The van der Waals surface area contributed by atoms with Crippen LogP contribution in [0.4, 0.5) is 0 Å². The molecule has 1 N–H and O–H groups in total. The lowest BCUT2D eigenvalue weighted by molar-refractivity contribution is 0.188. The standard InChI is InChI=1S/C9H19N/c1-9(2,3)8-4-6-10-7-5-8/h8,10H,4-7H2,1-3H3/i4D2,6D2. The molecule has 1 aliphatic heterocycles. The average molecular weight is 145 g/mol. The quantitative estimate of drug-likeness (QED) is 0.550. The van der Waals surface area contributed by atoms with Gasteiger partial charge in [-0.25, -0.2) is 0 Å².